The molecule has 0 aliphatic carbocycles. The first-order valence-electron chi connectivity index (χ1n) is 4.98. The quantitative estimate of drug-likeness (QED) is 0.635. The van der Waals surface area contributed by atoms with Crippen LogP contribution < -0.4 is 11.3 Å². The second kappa shape index (κ2) is 4.74. The molecule has 1 aromatic heterocycles. The van der Waals surface area contributed by atoms with E-state index in [0.29, 0.717) is 5.56 Å². The van der Waals surface area contributed by atoms with Crippen molar-refractivity contribution in [3.8, 4) is 0 Å². The SMILES string of the molecule is Cc1ccsc1C(NN)c1ccccc1F. The molecule has 3 N–H and O–H groups in total. The largest absolute Gasteiger partial charge is 0.271 e. The Morgan fingerprint density at radius 1 is 1.31 bits per heavy atom. The van der Waals surface area contributed by atoms with Gasteiger partial charge >= 0.3 is 0 Å². The zero-order chi connectivity index (χ0) is 11.5. The highest BCUT2D eigenvalue weighted by atomic mass is 32.1. The van der Waals surface area contributed by atoms with Gasteiger partial charge in [0.2, 0.25) is 0 Å². The average molecular weight is 236 g/mol. The molecular weight excluding hydrogens is 223 g/mol. The smallest absolute Gasteiger partial charge is 0.128 e. The third-order valence-corrected chi connectivity index (χ3v) is 3.63. The Bertz CT molecular complexity index is 481. The minimum absolute atomic E-state index is 0.238. The van der Waals surface area contributed by atoms with Crippen molar-refractivity contribution < 1.29 is 4.39 Å². The number of aryl methyl sites for hydroxylation is 1. The summed E-state index contributed by atoms with van der Waals surface area (Å²) in [6.45, 7) is 2.00. The maximum Gasteiger partial charge on any atom is 0.128 e. The molecule has 1 heterocycles. The third-order valence-electron chi connectivity index (χ3n) is 2.55. The number of rotatable bonds is 3. The molecule has 2 aromatic rings. The summed E-state index contributed by atoms with van der Waals surface area (Å²) in [5.41, 5.74) is 4.37. The van der Waals surface area contributed by atoms with E-state index in [2.05, 4.69) is 5.43 Å². The van der Waals surface area contributed by atoms with Crippen LogP contribution in [0.3, 0.4) is 0 Å². The highest BCUT2D eigenvalue weighted by molar-refractivity contribution is 7.10. The van der Waals surface area contributed by atoms with Crippen molar-refractivity contribution in [2.24, 2.45) is 5.84 Å². The van der Waals surface area contributed by atoms with Crippen LogP contribution >= 0.6 is 11.3 Å². The highest BCUT2D eigenvalue weighted by Gasteiger charge is 2.18. The molecule has 16 heavy (non-hydrogen) atoms. The van der Waals surface area contributed by atoms with E-state index in [9.17, 15) is 4.39 Å². The van der Waals surface area contributed by atoms with Crippen LogP contribution in [-0.2, 0) is 0 Å². The molecule has 4 heteroatoms. The zero-order valence-electron chi connectivity index (χ0n) is 8.91. The normalized spacial score (nSPS) is 12.7. The fourth-order valence-electron chi connectivity index (χ4n) is 1.70. The van der Waals surface area contributed by atoms with Crippen molar-refractivity contribution >= 4 is 11.3 Å². The second-order valence-corrected chi connectivity index (χ2v) is 4.54. The van der Waals surface area contributed by atoms with E-state index < -0.39 is 0 Å². The van der Waals surface area contributed by atoms with Crippen LogP contribution in [0.1, 0.15) is 22.0 Å². The molecule has 2 rings (SSSR count). The van der Waals surface area contributed by atoms with Gasteiger partial charge in [-0.15, -0.1) is 11.3 Å². The van der Waals surface area contributed by atoms with Crippen LogP contribution in [0.15, 0.2) is 35.7 Å². The van der Waals surface area contributed by atoms with Gasteiger partial charge in [-0.25, -0.2) is 9.82 Å². The van der Waals surface area contributed by atoms with E-state index in [0.717, 1.165) is 10.4 Å². The Morgan fingerprint density at radius 2 is 2.06 bits per heavy atom. The van der Waals surface area contributed by atoms with Crippen LogP contribution in [-0.4, -0.2) is 0 Å². The summed E-state index contributed by atoms with van der Waals surface area (Å²) in [5, 5.41) is 1.98. The maximum absolute atomic E-state index is 13.7. The van der Waals surface area contributed by atoms with E-state index in [4.69, 9.17) is 5.84 Å². The standard InChI is InChI=1S/C12H13FN2S/c1-8-6-7-16-12(8)11(15-14)9-4-2-3-5-10(9)13/h2-7,11,15H,14H2,1H3. The molecule has 0 bridgehead atoms. The molecule has 1 atom stereocenters. The van der Waals surface area contributed by atoms with Crippen LogP contribution in [0.4, 0.5) is 4.39 Å². The van der Waals surface area contributed by atoms with Crippen molar-refractivity contribution in [3.05, 3.63) is 57.5 Å². The Balaban J connectivity index is 2.45. The molecule has 0 fully saturated rings. The minimum Gasteiger partial charge on any atom is -0.271 e. The molecule has 0 spiro atoms. The van der Waals surface area contributed by atoms with E-state index in [-0.39, 0.29) is 11.9 Å². The summed E-state index contributed by atoms with van der Waals surface area (Å²) in [4.78, 5) is 1.05. The molecule has 0 saturated carbocycles. The van der Waals surface area contributed by atoms with E-state index >= 15 is 0 Å². The first-order chi connectivity index (χ1) is 7.74. The summed E-state index contributed by atoms with van der Waals surface area (Å²) in [6.07, 6.45) is 0. The van der Waals surface area contributed by atoms with Gasteiger partial charge in [-0.3, -0.25) is 5.84 Å². The lowest BCUT2D eigenvalue weighted by Gasteiger charge is -2.16. The van der Waals surface area contributed by atoms with Crippen molar-refractivity contribution in [2.45, 2.75) is 13.0 Å². The van der Waals surface area contributed by atoms with Crippen molar-refractivity contribution in [3.63, 3.8) is 0 Å². The number of hydrogen-bond donors (Lipinski definition) is 2. The summed E-state index contributed by atoms with van der Waals surface area (Å²) in [5.74, 6) is 5.29. The van der Waals surface area contributed by atoms with Gasteiger partial charge in [0, 0.05) is 10.4 Å². The molecule has 0 saturated heterocycles. The second-order valence-electron chi connectivity index (χ2n) is 3.59. The van der Waals surface area contributed by atoms with Crippen molar-refractivity contribution in [2.75, 3.05) is 0 Å². The van der Waals surface area contributed by atoms with Gasteiger partial charge in [0.25, 0.3) is 0 Å². The maximum atomic E-state index is 13.7. The predicted octanol–water partition coefficient (Wildman–Crippen LogP) is 2.75. The molecule has 0 aliphatic heterocycles. The average Bonchev–Trinajstić information content (AvgIpc) is 2.69. The Kier molecular flexibility index (Phi) is 3.33. The number of thiophene rings is 1. The van der Waals surface area contributed by atoms with Gasteiger partial charge in [0.15, 0.2) is 0 Å². The Labute approximate surface area is 97.9 Å². The zero-order valence-corrected chi connectivity index (χ0v) is 9.72. The molecule has 0 amide bonds. The van der Waals surface area contributed by atoms with Gasteiger partial charge < -0.3 is 0 Å². The molecule has 2 nitrogen and oxygen atoms in total. The lowest BCUT2D eigenvalue weighted by molar-refractivity contribution is 0.563. The number of nitrogens with two attached hydrogens (primary N) is 1. The van der Waals surface area contributed by atoms with Crippen LogP contribution in [0.25, 0.3) is 0 Å². The first-order valence-corrected chi connectivity index (χ1v) is 5.86. The minimum atomic E-state index is -0.277. The van der Waals surface area contributed by atoms with Crippen LogP contribution in [0, 0.1) is 12.7 Å². The highest BCUT2D eigenvalue weighted by Crippen LogP contribution is 2.29. The Morgan fingerprint density at radius 3 is 2.62 bits per heavy atom. The van der Waals surface area contributed by atoms with E-state index in [1.165, 1.54) is 6.07 Å². The topological polar surface area (TPSA) is 38.0 Å². The predicted molar refractivity (Wildman–Crippen MR) is 64.6 cm³/mol. The van der Waals surface area contributed by atoms with E-state index in [1.54, 1.807) is 23.5 Å². The van der Waals surface area contributed by atoms with Crippen molar-refractivity contribution in [1.29, 1.82) is 0 Å². The van der Waals surface area contributed by atoms with Gasteiger partial charge in [0.1, 0.15) is 5.82 Å². The molecule has 1 aromatic carbocycles. The molecule has 0 aliphatic rings. The summed E-state index contributed by atoms with van der Waals surface area (Å²) in [6, 6.07) is 8.41. The van der Waals surface area contributed by atoms with Gasteiger partial charge in [0.05, 0.1) is 6.04 Å². The van der Waals surface area contributed by atoms with Gasteiger partial charge in [-0.2, -0.15) is 0 Å². The third kappa shape index (κ3) is 2.00. The Hall–Kier alpha value is -1.23. The lowest BCUT2D eigenvalue weighted by Crippen LogP contribution is -2.29. The number of halogens is 1. The fourth-order valence-corrected chi connectivity index (χ4v) is 2.70. The summed E-state index contributed by atoms with van der Waals surface area (Å²) in [7, 11) is 0. The van der Waals surface area contributed by atoms with Crippen molar-refractivity contribution in [1.82, 2.24) is 5.43 Å². The van der Waals surface area contributed by atoms with Gasteiger partial charge in [-0.1, -0.05) is 18.2 Å². The fraction of sp³-hybridized carbons (Fsp3) is 0.167. The molecule has 0 radical (unpaired) electrons. The monoisotopic (exact) mass is 236 g/mol. The number of hydrazine groups is 1. The van der Waals surface area contributed by atoms with Crippen LogP contribution in [0.2, 0.25) is 0 Å². The first kappa shape index (κ1) is 11.3. The summed E-state index contributed by atoms with van der Waals surface area (Å²) < 4.78 is 13.7. The van der Waals surface area contributed by atoms with Crippen LogP contribution in [0.5, 0.6) is 0 Å². The van der Waals surface area contributed by atoms with E-state index in [1.807, 2.05) is 24.4 Å². The van der Waals surface area contributed by atoms with Gasteiger partial charge in [-0.05, 0) is 30.0 Å². The number of hydrogen-bond acceptors (Lipinski definition) is 3. The lowest BCUT2D eigenvalue weighted by atomic mass is 10.0. The number of benzene rings is 1. The number of nitrogens with one attached hydrogen (secondary N) is 1. The summed E-state index contributed by atoms with van der Waals surface area (Å²) >= 11 is 1.58. The molecular formula is C12H13FN2S. The molecule has 84 valence electrons. The molecule has 1 unspecified atom stereocenters.